The van der Waals surface area contributed by atoms with Crippen LogP contribution in [0.4, 0.5) is 0 Å². The lowest BCUT2D eigenvalue weighted by Gasteiger charge is -2.29. The molecule has 0 radical (unpaired) electrons. The summed E-state index contributed by atoms with van der Waals surface area (Å²) in [5.74, 6) is 1.45. The van der Waals surface area contributed by atoms with Crippen LogP contribution in [0.25, 0.3) is 0 Å². The van der Waals surface area contributed by atoms with Gasteiger partial charge in [-0.05, 0) is 37.5 Å². The van der Waals surface area contributed by atoms with Crippen molar-refractivity contribution in [2.24, 2.45) is 11.8 Å². The van der Waals surface area contributed by atoms with Crippen molar-refractivity contribution in [1.82, 2.24) is 0 Å². The predicted molar refractivity (Wildman–Crippen MR) is 56.5 cm³/mol. The van der Waals surface area contributed by atoms with Crippen LogP contribution in [0.15, 0.2) is 0 Å². The lowest BCUT2D eigenvalue weighted by molar-refractivity contribution is 0.123. The molecule has 0 aromatic rings. The quantitative estimate of drug-likeness (QED) is 0.685. The Morgan fingerprint density at radius 1 is 1.14 bits per heavy atom. The van der Waals surface area contributed by atoms with Crippen molar-refractivity contribution in [2.45, 2.75) is 45.6 Å². The first-order valence-electron chi connectivity index (χ1n) is 5.26. The molecule has 0 aliphatic heterocycles. The molecule has 14 heavy (non-hydrogen) atoms. The van der Waals surface area contributed by atoms with E-state index in [9.17, 15) is 8.42 Å². The van der Waals surface area contributed by atoms with Crippen LogP contribution in [0.1, 0.15) is 39.5 Å². The molecule has 0 heterocycles. The number of rotatable bonds is 3. The molecule has 84 valence electrons. The molecule has 3 nitrogen and oxygen atoms in total. The van der Waals surface area contributed by atoms with E-state index in [4.69, 9.17) is 4.18 Å². The van der Waals surface area contributed by atoms with Gasteiger partial charge in [-0.3, -0.25) is 4.18 Å². The van der Waals surface area contributed by atoms with Gasteiger partial charge in [0.05, 0.1) is 12.4 Å². The summed E-state index contributed by atoms with van der Waals surface area (Å²) in [5, 5.41) is 0. The lowest BCUT2D eigenvalue weighted by atomic mass is 9.81. The maximum Gasteiger partial charge on any atom is 0.264 e. The standard InChI is InChI=1S/C10H20O3S/c1-8(2)9-4-6-10(7-5-9)13-14(3,11)12/h8-10H,4-7H2,1-3H3/t9-,10+. The summed E-state index contributed by atoms with van der Waals surface area (Å²) >= 11 is 0. The molecule has 4 heteroatoms. The molecule has 1 rings (SSSR count). The zero-order chi connectivity index (χ0) is 10.8. The summed E-state index contributed by atoms with van der Waals surface area (Å²) < 4.78 is 26.8. The average molecular weight is 220 g/mol. The molecule has 1 fully saturated rings. The van der Waals surface area contributed by atoms with Crippen molar-refractivity contribution in [3.05, 3.63) is 0 Å². The van der Waals surface area contributed by atoms with Crippen LogP contribution in [0.3, 0.4) is 0 Å². The molecule has 0 N–H and O–H groups in total. The fourth-order valence-corrected chi connectivity index (χ4v) is 2.79. The topological polar surface area (TPSA) is 43.4 Å². The van der Waals surface area contributed by atoms with Crippen LogP contribution in [0.5, 0.6) is 0 Å². The van der Waals surface area contributed by atoms with E-state index in [0.29, 0.717) is 5.92 Å². The molecule has 0 spiro atoms. The van der Waals surface area contributed by atoms with Gasteiger partial charge in [-0.2, -0.15) is 8.42 Å². The van der Waals surface area contributed by atoms with Gasteiger partial charge in [0.25, 0.3) is 10.1 Å². The lowest BCUT2D eigenvalue weighted by Crippen LogP contribution is -2.26. The van der Waals surface area contributed by atoms with Gasteiger partial charge in [-0.25, -0.2) is 0 Å². The third-order valence-electron chi connectivity index (χ3n) is 2.97. The van der Waals surface area contributed by atoms with E-state index in [0.717, 1.165) is 37.9 Å². The zero-order valence-corrected chi connectivity index (χ0v) is 10.0. The largest absolute Gasteiger partial charge is 0.267 e. The fraction of sp³-hybridized carbons (Fsp3) is 1.00. The average Bonchev–Trinajstić information content (AvgIpc) is 2.02. The van der Waals surface area contributed by atoms with Gasteiger partial charge >= 0.3 is 0 Å². The first-order valence-corrected chi connectivity index (χ1v) is 7.08. The van der Waals surface area contributed by atoms with Gasteiger partial charge in [0.2, 0.25) is 0 Å². The molecule has 0 saturated heterocycles. The van der Waals surface area contributed by atoms with E-state index < -0.39 is 10.1 Å². The summed E-state index contributed by atoms with van der Waals surface area (Å²) in [6.07, 6.45) is 5.02. The van der Waals surface area contributed by atoms with Gasteiger partial charge in [0, 0.05) is 0 Å². The summed E-state index contributed by atoms with van der Waals surface area (Å²) in [6.45, 7) is 4.45. The molecule has 0 atom stereocenters. The number of hydrogen-bond donors (Lipinski definition) is 0. The molecule has 0 unspecified atom stereocenters. The summed E-state index contributed by atoms with van der Waals surface area (Å²) in [5.41, 5.74) is 0. The van der Waals surface area contributed by atoms with E-state index in [1.807, 2.05) is 0 Å². The number of hydrogen-bond acceptors (Lipinski definition) is 3. The van der Waals surface area contributed by atoms with Crippen LogP contribution >= 0.6 is 0 Å². The molecule has 1 saturated carbocycles. The highest BCUT2D eigenvalue weighted by Gasteiger charge is 2.25. The predicted octanol–water partition coefficient (Wildman–Crippen LogP) is 2.18. The Labute approximate surface area is 87.0 Å². The highest BCUT2D eigenvalue weighted by Crippen LogP contribution is 2.31. The molecule has 0 aromatic heterocycles. The van der Waals surface area contributed by atoms with Crippen LogP contribution in [-0.2, 0) is 14.3 Å². The Morgan fingerprint density at radius 2 is 1.64 bits per heavy atom. The Balaban J connectivity index is 2.36. The van der Waals surface area contributed by atoms with E-state index in [-0.39, 0.29) is 6.10 Å². The molecule has 1 aliphatic rings. The van der Waals surface area contributed by atoms with Gasteiger partial charge in [-0.15, -0.1) is 0 Å². The summed E-state index contributed by atoms with van der Waals surface area (Å²) in [4.78, 5) is 0. The highest BCUT2D eigenvalue weighted by molar-refractivity contribution is 7.86. The fourth-order valence-electron chi connectivity index (χ4n) is 2.10. The molecule has 0 bridgehead atoms. The zero-order valence-electron chi connectivity index (χ0n) is 9.19. The van der Waals surface area contributed by atoms with Gasteiger partial charge in [0.15, 0.2) is 0 Å². The smallest absolute Gasteiger partial charge is 0.264 e. The Bertz CT molecular complexity index is 261. The van der Waals surface area contributed by atoms with Crippen molar-refractivity contribution in [3.63, 3.8) is 0 Å². The van der Waals surface area contributed by atoms with Crippen LogP contribution < -0.4 is 0 Å². The second-order valence-corrected chi connectivity index (χ2v) is 6.18. The van der Waals surface area contributed by atoms with E-state index in [1.165, 1.54) is 0 Å². The van der Waals surface area contributed by atoms with Crippen LogP contribution in [-0.4, -0.2) is 20.8 Å². The molecule has 0 aromatic carbocycles. The highest BCUT2D eigenvalue weighted by atomic mass is 32.2. The van der Waals surface area contributed by atoms with Gasteiger partial charge in [0.1, 0.15) is 0 Å². The maximum atomic E-state index is 10.9. The second kappa shape index (κ2) is 4.62. The summed E-state index contributed by atoms with van der Waals surface area (Å²) in [7, 11) is -3.26. The van der Waals surface area contributed by atoms with Crippen molar-refractivity contribution >= 4 is 10.1 Å². The minimum atomic E-state index is -3.26. The molecule has 1 aliphatic carbocycles. The van der Waals surface area contributed by atoms with E-state index in [2.05, 4.69) is 13.8 Å². The second-order valence-electron chi connectivity index (χ2n) is 4.58. The van der Waals surface area contributed by atoms with Crippen molar-refractivity contribution in [1.29, 1.82) is 0 Å². The van der Waals surface area contributed by atoms with E-state index >= 15 is 0 Å². The van der Waals surface area contributed by atoms with Crippen LogP contribution in [0, 0.1) is 11.8 Å². The normalized spacial score (nSPS) is 29.4. The van der Waals surface area contributed by atoms with E-state index in [1.54, 1.807) is 0 Å². The van der Waals surface area contributed by atoms with Gasteiger partial charge in [-0.1, -0.05) is 13.8 Å². The van der Waals surface area contributed by atoms with Crippen molar-refractivity contribution in [2.75, 3.05) is 6.26 Å². The third kappa shape index (κ3) is 3.96. The molecular formula is C10H20O3S. The first-order chi connectivity index (χ1) is 6.38. The molecular weight excluding hydrogens is 200 g/mol. The Hall–Kier alpha value is -0.0900. The monoisotopic (exact) mass is 220 g/mol. The SMILES string of the molecule is CC(C)[C@H]1CC[C@@H](OS(C)(=O)=O)CC1. The Kier molecular flexibility index (Phi) is 3.95. The summed E-state index contributed by atoms with van der Waals surface area (Å²) in [6, 6.07) is 0. The van der Waals surface area contributed by atoms with Crippen LogP contribution in [0.2, 0.25) is 0 Å². The van der Waals surface area contributed by atoms with Crippen molar-refractivity contribution < 1.29 is 12.6 Å². The Morgan fingerprint density at radius 3 is 2.00 bits per heavy atom. The minimum absolute atomic E-state index is 0.0694. The third-order valence-corrected chi connectivity index (χ3v) is 3.59. The van der Waals surface area contributed by atoms with Crippen molar-refractivity contribution in [3.8, 4) is 0 Å². The molecule has 0 amide bonds. The van der Waals surface area contributed by atoms with Gasteiger partial charge < -0.3 is 0 Å². The first kappa shape index (κ1) is 12.0. The maximum absolute atomic E-state index is 10.9. The minimum Gasteiger partial charge on any atom is -0.267 e.